The summed E-state index contributed by atoms with van der Waals surface area (Å²) >= 11 is 0. The van der Waals surface area contributed by atoms with Gasteiger partial charge in [0.15, 0.2) is 0 Å². The second-order valence-electron chi connectivity index (χ2n) is 8.58. The van der Waals surface area contributed by atoms with E-state index in [9.17, 15) is 9.59 Å². The Kier molecular flexibility index (Phi) is 5.06. The summed E-state index contributed by atoms with van der Waals surface area (Å²) in [6.45, 7) is 3.47. The highest BCUT2D eigenvalue weighted by atomic mass is 16.2. The van der Waals surface area contributed by atoms with E-state index in [1.54, 1.807) is 6.20 Å². The Labute approximate surface area is 180 Å². The Morgan fingerprint density at radius 1 is 1.10 bits per heavy atom. The molecule has 1 aliphatic heterocycles. The van der Waals surface area contributed by atoms with Crippen LogP contribution in [0.4, 0.5) is 0 Å². The number of nitrogens with one attached hydrogen (secondary N) is 1. The molecule has 1 fully saturated rings. The molecule has 5 rings (SSSR count). The van der Waals surface area contributed by atoms with Gasteiger partial charge in [-0.3, -0.25) is 9.59 Å². The van der Waals surface area contributed by atoms with E-state index >= 15 is 0 Å². The number of carbonyl (C=O) groups excluding carboxylic acids is 1. The Morgan fingerprint density at radius 2 is 1.87 bits per heavy atom. The fraction of sp³-hybridized carbons (Fsp3) is 0.320. The van der Waals surface area contributed by atoms with Gasteiger partial charge >= 0.3 is 0 Å². The summed E-state index contributed by atoms with van der Waals surface area (Å²) in [4.78, 5) is 30.9. The Hall–Kier alpha value is -3.41. The molecular formula is C25H26N4O2. The van der Waals surface area contributed by atoms with Gasteiger partial charge in [0.25, 0.3) is 5.56 Å². The van der Waals surface area contributed by atoms with E-state index in [0.29, 0.717) is 11.4 Å². The van der Waals surface area contributed by atoms with Crippen molar-refractivity contribution in [2.75, 3.05) is 13.1 Å². The fourth-order valence-electron chi connectivity index (χ4n) is 4.61. The highest BCUT2D eigenvalue weighted by molar-refractivity contribution is 6.06. The van der Waals surface area contributed by atoms with Crippen LogP contribution in [0.2, 0.25) is 0 Å². The first-order valence-corrected chi connectivity index (χ1v) is 10.9. The molecule has 1 saturated heterocycles. The zero-order valence-corrected chi connectivity index (χ0v) is 17.7. The zero-order chi connectivity index (χ0) is 21.4. The first kappa shape index (κ1) is 19.5. The molecule has 0 unspecified atom stereocenters. The standard InChI is InChI=1S/C25H26N4O2/c1-17-7-8-22-20(13-17)21-15-26-29(25(31)24(21)27-22)16-23(30)28-11-9-19(10-12-28)14-18-5-3-2-4-6-18/h2-8,13,15,19,27H,9-12,14,16H2,1H3. The second kappa shape index (κ2) is 8.02. The minimum Gasteiger partial charge on any atom is -0.350 e. The van der Waals surface area contributed by atoms with E-state index in [1.807, 2.05) is 36.1 Å². The molecule has 4 aromatic rings. The summed E-state index contributed by atoms with van der Waals surface area (Å²) in [6, 6.07) is 16.5. The number of amides is 1. The van der Waals surface area contributed by atoms with Crippen LogP contribution in [0, 0.1) is 12.8 Å². The molecule has 1 aliphatic rings. The number of benzene rings is 2. The molecule has 0 spiro atoms. The summed E-state index contributed by atoms with van der Waals surface area (Å²) in [5.41, 5.74) is 3.64. The summed E-state index contributed by atoms with van der Waals surface area (Å²) in [7, 11) is 0. The number of piperidine rings is 1. The SMILES string of the molecule is Cc1ccc2[nH]c3c(=O)n(CC(=O)N4CCC(Cc5ccccc5)CC4)ncc3c2c1. The highest BCUT2D eigenvalue weighted by Crippen LogP contribution is 2.24. The lowest BCUT2D eigenvalue weighted by Gasteiger charge is -2.32. The molecule has 6 nitrogen and oxygen atoms in total. The van der Waals surface area contributed by atoms with Crippen LogP contribution in [-0.2, 0) is 17.8 Å². The van der Waals surface area contributed by atoms with Gasteiger partial charge < -0.3 is 9.88 Å². The topological polar surface area (TPSA) is 71.0 Å². The smallest absolute Gasteiger partial charge is 0.291 e. The third-order valence-electron chi connectivity index (χ3n) is 6.39. The van der Waals surface area contributed by atoms with Crippen LogP contribution in [0.5, 0.6) is 0 Å². The van der Waals surface area contributed by atoms with Crippen molar-refractivity contribution in [1.29, 1.82) is 0 Å². The van der Waals surface area contributed by atoms with Gasteiger partial charge in [-0.05, 0) is 49.8 Å². The van der Waals surface area contributed by atoms with Crippen LogP contribution in [-0.4, -0.2) is 38.7 Å². The second-order valence-corrected chi connectivity index (χ2v) is 8.58. The maximum atomic E-state index is 13.0. The Balaban J connectivity index is 1.28. The molecule has 2 aromatic carbocycles. The number of hydrogen-bond donors (Lipinski definition) is 1. The zero-order valence-electron chi connectivity index (χ0n) is 17.7. The van der Waals surface area contributed by atoms with E-state index in [1.165, 1.54) is 10.2 Å². The first-order valence-electron chi connectivity index (χ1n) is 10.9. The molecule has 6 heteroatoms. The number of carbonyl (C=O) groups is 1. The normalized spacial score (nSPS) is 15.1. The molecule has 31 heavy (non-hydrogen) atoms. The highest BCUT2D eigenvalue weighted by Gasteiger charge is 2.24. The van der Waals surface area contributed by atoms with Crippen molar-refractivity contribution in [3.63, 3.8) is 0 Å². The third kappa shape index (κ3) is 3.85. The lowest BCUT2D eigenvalue weighted by Crippen LogP contribution is -2.42. The number of H-pyrrole nitrogens is 1. The summed E-state index contributed by atoms with van der Waals surface area (Å²) in [5.74, 6) is 0.553. The fourth-order valence-corrected chi connectivity index (χ4v) is 4.61. The van der Waals surface area contributed by atoms with Gasteiger partial charge in [-0.15, -0.1) is 0 Å². The lowest BCUT2D eigenvalue weighted by molar-refractivity contribution is -0.133. The first-order chi connectivity index (χ1) is 15.1. The number of fused-ring (bicyclic) bond motifs is 3. The van der Waals surface area contributed by atoms with Crippen molar-refractivity contribution >= 4 is 27.7 Å². The molecular weight excluding hydrogens is 388 g/mol. The maximum absolute atomic E-state index is 13.0. The number of hydrogen-bond acceptors (Lipinski definition) is 3. The Morgan fingerprint density at radius 3 is 2.65 bits per heavy atom. The summed E-state index contributed by atoms with van der Waals surface area (Å²) in [5, 5.41) is 6.09. The molecule has 1 amide bonds. The quantitative estimate of drug-likeness (QED) is 0.554. The van der Waals surface area contributed by atoms with Crippen molar-refractivity contribution in [1.82, 2.24) is 19.7 Å². The maximum Gasteiger partial charge on any atom is 0.291 e. The van der Waals surface area contributed by atoms with E-state index in [2.05, 4.69) is 34.3 Å². The average Bonchev–Trinajstić information content (AvgIpc) is 3.15. The van der Waals surface area contributed by atoms with Crippen molar-refractivity contribution in [2.24, 2.45) is 5.92 Å². The lowest BCUT2D eigenvalue weighted by atomic mass is 9.90. The molecule has 3 heterocycles. The number of rotatable bonds is 4. The van der Waals surface area contributed by atoms with Crippen molar-refractivity contribution in [3.8, 4) is 0 Å². The molecule has 1 N–H and O–H groups in total. The molecule has 0 radical (unpaired) electrons. The number of aromatic amines is 1. The summed E-state index contributed by atoms with van der Waals surface area (Å²) in [6.07, 6.45) is 4.72. The van der Waals surface area contributed by atoms with E-state index < -0.39 is 0 Å². The van der Waals surface area contributed by atoms with Gasteiger partial charge in [-0.25, -0.2) is 4.68 Å². The van der Waals surface area contributed by atoms with Crippen molar-refractivity contribution in [3.05, 3.63) is 76.2 Å². The van der Waals surface area contributed by atoms with E-state index in [0.717, 1.165) is 54.2 Å². The molecule has 0 atom stereocenters. The van der Waals surface area contributed by atoms with Gasteiger partial charge in [0.1, 0.15) is 12.1 Å². The van der Waals surface area contributed by atoms with Gasteiger partial charge in [0, 0.05) is 29.4 Å². The van der Waals surface area contributed by atoms with Crippen LogP contribution >= 0.6 is 0 Å². The van der Waals surface area contributed by atoms with Crippen LogP contribution in [0.3, 0.4) is 0 Å². The summed E-state index contributed by atoms with van der Waals surface area (Å²) < 4.78 is 1.28. The van der Waals surface area contributed by atoms with Crippen molar-refractivity contribution < 1.29 is 4.79 Å². The molecule has 0 bridgehead atoms. The largest absolute Gasteiger partial charge is 0.350 e. The number of likely N-dealkylation sites (tertiary alicyclic amines) is 1. The monoisotopic (exact) mass is 414 g/mol. The van der Waals surface area contributed by atoms with Gasteiger partial charge in [-0.2, -0.15) is 5.10 Å². The number of nitrogens with zero attached hydrogens (tertiary/aromatic N) is 3. The van der Waals surface area contributed by atoms with Gasteiger partial charge in [-0.1, -0.05) is 42.0 Å². The minimum absolute atomic E-state index is 0.0213. The minimum atomic E-state index is -0.251. The van der Waals surface area contributed by atoms with Crippen LogP contribution in [0.15, 0.2) is 59.5 Å². The predicted molar refractivity (Wildman–Crippen MR) is 122 cm³/mol. The van der Waals surface area contributed by atoms with Crippen LogP contribution in [0.25, 0.3) is 21.8 Å². The molecule has 0 aliphatic carbocycles. The number of aromatic nitrogens is 3. The molecule has 0 saturated carbocycles. The van der Waals surface area contributed by atoms with E-state index in [4.69, 9.17) is 0 Å². The third-order valence-corrected chi connectivity index (χ3v) is 6.39. The van der Waals surface area contributed by atoms with Crippen LogP contribution < -0.4 is 5.56 Å². The average molecular weight is 415 g/mol. The predicted octanol–water partition coefficient (Wildman–Crippen LogP) is 3.67. The van der Waals surface area contributed by atoms with Crippen molar-refractivity contribution in [2.45, 2.75) is 32.7 Å². The molecule has 2 aromatic heterocycles. The Bertz CT molecular complexity index is 1300. The van der Waals surface area contributed by atoms with Gasteiger partial charge in [0.05, 0.1) is 6.20 Å². The number of aryl methyl sites for hydroxylation is 1. The van der Waals surface area contributed by atoms with Gasteiger partial charge in [0.2, 0.25) is 5.91 Å². The molecule has 158 valence electrons. The van der Waals surface area contributed by atoms with E-state index in [-0.39, 0.29) is 18.0 Å². The van der Waals surface area contributed by atoms with Crippen LogP contribution in [0.1, 0.15) is 24.0 Å².